The van der Waals surface area contributed by atoms with E-state index in [1.807, 2.05) is 0 Å². The topological polar surface area (TPSA) is 72.0 Å². The van der Waals surface area contributed by atoms with Crippen molar-refractivity contribution in [2.24, 2.45) is 5.16 Å². The van der Waals surface area contributed by atoms with Gasteiger partial charge in [0, 0.05) is 0 Å². The van der Waals surface area contributed by atoms with Gasteiger partial charge >= 0.3 is 5.97 Å². The Bertz CT molecular complexity index is 616. The Balaban J connectivity index is 2.10. The Morgan fingerprint density at radius 1 is 1.26 bits per heavy atom. The zero-order valence-electron chi connectivity index (χ0n) is 9.96. The molecule has 6 heteroatoms. The molecular formula is C13H10BrNO4. The fourth-order valence-corrected chi connectivity index (χ4v) is 1.71. The van der Waals surface area contributed by atoms with Crippen molar-refractivity contribution in [3.63, 3.8) is 0 Å². The Kier molecular flexibility index (Phi) is 4.01. The van der Waals surface area contributed by atoms with Crippen molar-refractivity contribution in [3.8, 4) is 5.75 Å². The van der Waals surface area contributed by atoms with Crippen LogP contribution in [0.4, 0.5) is 0 Å². The highest BCUT2D eigenvalue weighted by molar-refractivity contribution is 9.10. The van der Waals surface area contributed by atoms with E-state index in [0.717, 1.165) is 5.56 Å². The summed E-state index contributed by atoms with van der Waals surface area (Å²) < 4.78 is 10.7. The number of rotatable bonds is 3. The van der Waals surface area contributed by atoms with Crippen LogP contribution in [0.25, 0.3) is 0 Å². The molecule has 98 valence electrons. The molecule has 19 heavy (non-hydrogen) atoms. The lowest BCUT2D eigenvalue weighted by Crippen LogP contribution is -2.07. The van der Waals surface area contributed by atoms with Gasteiger partial charge in [0.25, 0.3) is 0 Å². The van der Waals surface area contributed by atoms with E-state index in [1.54, 1.807) is 37.3 Å². The standard InChI is InChI=1S/C13H10BrNO4/c1-8(15-17)9-2-4-10(5-3-9)18-13(16)11-6-7-12(14)19-11/h2-7,17H,1H3/b15-8+. The number of carbonyl (C=O) groups excluding carboxylic acids is 1. The first-order valence-electron chi connectivity index (χ1n) is 5.37. The third-order valence-electron chi connectivity index (χ3n) is 2.41. The van der Waals surface area contributed by atoms with E-state index in [0.29, 0.717) is 16.1 Å². The van der Waals surface area contributed by atoms with Gasteiger partial charge in [-0.05, 0) is 64.8 Å². The largest absolute Gasteiger partial charge is 0.442 e. The van der Waals surface area contributed by atoms with E-state index >= 15 is 0 Å². The van der Waals surface area contributed by atoms with Gasteiger partial charge in [-0.1, -0.05) is 5.16 Å². The molecule has 0 amide bonds. The summed E-state index contributed by atoms with van der Waals surface area (Å²) in [7, 11) is 0. The lowest BCUT2D eigenvalue weighted by molar-refractivity contribution is 0.0700. The smallest absolute Gasteiger partial charge is 0.379 e. The number of hydrogen-bond acceptors (Lipinski definition) is 5. The average molecular weight is 324 g/mol. The van der Waals surface area contributed by atoms with Crippen LogP contribution in [-0.2, 0) is 0 Å². The first-order valence-corrected chi connectivity index (χ1v) is 6.16. The van der Waals surface area contributed by atoms with Crippen molar-refractivity contribution in [2.45, 2.75) is 6.92 Å². The van der Waals surface area contributed by atoms with Crippen molar-refractivity contribution < 1.29 is 19.2 Å². The maximum Gasteiger partial charge on any atom is 0.379 e. The summed E-state index contributed by atoms with van der Waals surface area (Å²) in [5, 5.41) is 11.7. The Hall–Kier alpha value is -2.08. The Labute approximate surface area is 117 Å². The summed E-state index contributed by atoms with van der Waals surface area (Å²) in [6.45, 7) is 1.67. The molecule has 5 nitrogen and oxygen atoms in total. The van der Waals surface area contributed by atoms with Gasteiger partial charge in [-0.3, -0.25) is 0 Å². The van der Waals surface area contributed by atoms with Crippen LogP contribution >= 0.6 is 15.9 Å². The molecule has 0 spiro atoms. The van der Waals surface area contributed by atoms with Crippen molar-refractivity contribution in [1.29, 1.82) is 0 Å². The van der Waals surface area contributed by atoms with Crippen LogP contribution in [-0.4, -0.2) is 16.9 Å². The highest BCUT2D eigenvalue weighted by Gasteiger charge is 2.13. The minimum Gasteiger partial charge on any atom is -0.442 e. The fraction of sp³-hybridized carbons (Fsp3) is 0.0769. The van der Waals surface area contributed by atoms with Crippen molar-refractivity contribution in [1.82, 2.24) is 0 Å². The number of benzene rings is 1. The van der Waals surface area contributed by atoms with Gasteiger partial charge in [0.15, 0.2) is 4.67 Å². The van der Waals surface area contributed by atoms with Gasteiger partial charge in [-0.25, -0.2) is 4.79 Å². The molecule has 0 bridgehead atoms. The fourth-order valence-electron chi connectivity index (χ4n) is 1.40. The molecule has 0 atom stereocenters. The monoisotopic (exact) mass is 323 g/mol. The van der Waals surface area contributed by atoms with Crippen molar-refractivity contribution in [3.05, 3.63) is 52.4 Å². The maximum atomic E-state index is 11.7. The summed E-state index contributed by atoms with van der Waals surface area (Å²) in [6, 6.07) is 9.73. The quantitative estimate of drug-likeness (QED) is 0.308. The third-order valence-corrected chi connectivity index (χ3v) is 2.83. The van der Waals surface area contributed by atoms with Crippen LogP contribution in [0.3, 0.4) is 0 Å². The van der Waals surface area contributed by atoms with Gasteiger partial charge in [-0.2, -0.15) is 0 Å². The lowest BCUT2D eigenvalue weighted by atomic mass is 10.1. The number of ether oxygens (including phenoxy) is 1. The molecule has 0 aliphatic rings. The zero-order chi connectivity index (χ0) is 13.8. The van der Waals surface area contributed by atoms with Gasteiger partial charge in [0.05, 0.1) is 5.71 Å². The molecule has 1 aromatic heterocycles. The highest BCUT2D eigenvalue weighted by Crippen LogP contribution is 2.18. The van der Waals surface area contributed by atoms with E-state index in [1.165, 1.54) is 6.07 Å². The molecule has 0 fully saturated rings. The number of oxime groups is 1. The minimum absolute atomic E-state index is 0.115. The number of nitrogens with zero attached hydrogens (tertiary/aromatic N) is 1. The van der Waals surface area contributed by atoms with Crippen LogP contribution in [0.5, 0.6) is 5.75 Å². The van der Waals surface area contributed by atoms with E-state index in [-0.39, 0.29) is 5.76 Å². The summed E-state index contributed by atoms with van der Waals surface area (Å²) in [4.78, 5) is 11.7. The molecule has 0 unspecified atom stereocenters. The third kappa shape index (κ3) is 3.23. The van der Waals surface area contributed by atoms with Gasteiger partial charge < -0.3 is 14.4 Å². The van der Waals surface area contributed by atoms with Crippen molar-refractivity contribution >= 4 is 27.6 Å². The second kappa shape index (κ2) is 5.71. The summed E-state index contributed by atoms with van der Waals surface area (Å²) in [5.41, 5.74) is 1.22. The highest BCUT2D eigenvalue weighted by atomic mass is 79.9. The first-order chi connectivity index (χ1) is 9.10. The molecule has 0 saturated carbocycles. The predicted molar refractivity (Wildman–Crippen MR) is 71.8 cm³/mol. The van der Waals surface area contributed by atoms with Crippen LogP contribution in [0, 0.1) is 0 Å². The van der Waals surface area contributed by atoms with Gasteiger partial charge in [0.1, 0.15) is 5.75 Å². The van der Waals surface area contributed by atoms with Crippen molar-refractivity contribution in [2.75, 3.05) is 0 Å². The second-order valence-corrected chi connectivity index (χ2v) is 4.48. The van der Waals surface area contributed by atoms with Crippen LogP contribution in [0.15, 0.2) is 50.6 Å². The van der Waals surface area contributed by atoms with E-state index in [4.69, 9.17) is 14.4 Å². The maximum absolute atomic E-state index is 11.7. The molecule has 0 aliphatic carbocycles. The summed E-state index contributed by atoms with van der Waals surface area (Å²) in [6.07, 6.45) is 0. The second-order valence-electron chi connectivity index (χ2n) is 3.70. The molecular weight excluding hydrogens is 314 g/mol. The molecule has 1 N–H and O–H groups in total. The number of halogens is 1. The summed E-state index contributed by atoms with van der Waals surface area (Å²) in [5.74, 6) is -0.0814. The summed E-state index contributed by atoms with van der Waals surface area (Å²) >= 11 is 3.11. The normalized spacial score (nSPS) is 11.4. The van der Waals surface area contributed by atoms with Crippen LogP contribution in [0.1, 0.15) is 23.0 Å². The molecule has 0 saturated heterocycles. The number of hydrogen-bond donors (Lipinski definition) is 1. The number of furan rings is 1. The average Bonchev–Trinajstić information content (AvgIpc) is 2.85. The predicted octanol–water partition coefficient (Wildman–Crippen LogP) is 3.46. The minimum atomic E-state index is -0.578. The zero-order valence-corrected chi connectivity index (χ0v) is 11.5. The van der Waals surface area contributed by atoms with Gasteiger partial charge in [-0.15, -0.1) is 0 Å². The molecule has 1 heterocycles. The first kappa shape index (κ1) is 13.4. The van der Waals surface area contributed by atoms with Crippen LogP contribution in [0.2, 0.25) is 0 Å². The van der Waals surface area contributed by atoms with Crippen LogP contribution < -0.4 is 4.74 Å². The van der Waals surface area contributed by atoms with E-state index in [2.05, 4.69) is 21.1 Å². The lowest BCUT2D eigenvalue weighted by Gasteiger charge is -2.03. The number of esters is 1. The van der Waals surface area contributed by atoms with E-state index < -0.39 is 5.97 Å². The van der Waals surface area contributed by atoms with Gasteiger partial charge in [0.2, 0.25) is 5.76 Å². The Morgan fingerprint density at radius 3 is 2.47 bits per heavy atom. The molecule has 0 radical (unpaired) electrons. The Morgan fingerprint density at radius 2 is 1.95 bits per heavy atom. The molecule has 1 aromatic carbocycles. The SMILES string of the molecule is C/C(=N\O)c1ccc(OC(=O)c2ccc(Br)o2)cc1. The molecule has 2 rings (SSSR count). The van der Waals surface area contributed by atoms with E-state index in [9.17, 15) is 4.79 Å². The molecule has 0 aliphatic heterocycles. The number of carbonyl (C=O) groups is 1. The molecule has 2 aromatic rings.